The van der Waals surface area contributed by atoms with Crippen molar-refractivity contribution < 1.29 is 4.79 Å². The molecule has 1 atom stereocenters. The van der Waals surface area contributed by atoms with Crippen LogP contribution in [-0.4, -0.2) is 67.6 Å². The molecule has 8 nitrogen and oxygen atoms in total. The van der Waals surface area contributed by atoms with Crippen LogP contribution in [0.3, 0.4) is 0 Å². The highest BCUT2D eigenvalue weighted by atomic mass is 127. The Labute approximate surface area is 210 Å². The van der Waals surface area contributed by atoms with E-state index in [9.17, 15) is 4.79 Å². The third kappa shape index (κ3) is 9.09. The van der Waals surface area contributed by atoms with E-state index in [2.05, 4.69) is 57.2 Å². The highest BCUT2D eigenvalue weighted by Gasteiger charge is 2.25. The van der Waals surface area contributed by atoms with Gasteiger partial charge in [-0.3, -0.25) is 9.79 Å². The minimum absolute atomic E-state index is 0. The Kier molecular flexibility index (Phi) is 13.5. The van der Waals surface area contributed by atoms with Gasteiger partial charge in [-0.15, -0.1) is 24.0 Å². The minimum atomic E-state index is -0.191. The first-order chi connectivity index (χ1) is 15.0. The van der Waals surface area contributed by atoms with Crippen LogP contribution < -0.4 is 21.3 Å². The number of rotatable bonds is 11. The van der Waals surface area contributed by atoms with E-state index in [1.165, 1.54) is 6.42 Å². The lowest BCUT2D eigenvalue weighted by atomic mass is 9.96. The zero-order valence-electron chi connectivity index (χ0n) is 20.1. The van der Waals surface area contributed by atoms with Crippen molar-refractivity contribution in [3.63, 3.8) is 0 Å². The lowest BCUT2D eigenvalue weighted by Gasteiger charge is -2.32. The first kappa shape index (κ1) is 28.4. The number of aromatic nitrogens is 1. The van der Waals surface area contributed by atoms with Gasteiger partial charge in [-0.1, -0.05) is 19.9 Å². The number of aliphatic imine (C=N–C) groups is 1. The van der Waals surface area contributed by atoms with Crippen LogP contribution in [0.5, 0.6) is 0 Å². The first-order valence-electron chi connectivity index (χ1n) is 11.7. The number of halogens is 1. The van der Waals surface area contributed by atoms with Gasteiger partial charge in [0, 0.05) is 50.4 Å². The van der Waals surface area contributed by atoms with E-state index in [1.54, 1.807) is 7.05 Å². The molecule has 2 heterocycles. The second-order valence-electron chi connectivity index (χ2n) is 8.29. The van der Waals surface area contributed by atoms with Crippen LogP contribution in [0.2, 0.25) is 0 Å². The molecule has 182 valence electrons. The number of pyridine rings is 1. The monoisotopic (exact) mass is 559 g/mol. The third-order valence-corrected chi connectivity index (χ3v) is 6.12. The summed E-state index contributed by atoms with van der Waals surface area (Å²) in [5.41, 5.74) is 6.59. The molecule has 4 N–H and O–H groups in total. The number of hydrogen-bond donors (Lipinski definition) is 3. The molecule has 0 bridgehead atoms. The van der Waals surface area contributed by atoms with E-state index in [0.29, 0.717) is 12.6 Å². The highest BCUT2D eigenvalue weighted by Crippen LogP contribution is 2.24. The molecule has 0 radical (unpaired) electrons. The van der Waals surface area contributed by atoms with Gasteiger partial charge in [0.1, 0.15) is 5.82 Å². The summed E-state index contributed by atoms with van der Waals surface area (Å²) in [6.45, 7) is 12.2. The summed E-state index contributed by atoms with van der Waals surface area (Å²) in [6, 6.07) is 4.40. The summed E-state index contributed by atoms with van der Waals surface area (Å²) in [4.78, 5) is 25.2. The summed E-state index contributed by atoms with van der Waals surface area (Å²) in [5.74, 6) is 1.56. The fourth-order valence-electron chi connectivity index (χ4n) is 4.07. The van der Waals surface area contributed by atoms with E-state index in [4.69, 9.17) is 5.73 Å². The maximum absolute atomic E-state index is 11.4. The van der Waals surface area contributed by atoms with E-state index in [-0.39, 0.29) is 35.8 Å². The molecule has 1 aliphatic heterocycles. The standard InChI is InChI=1S/C23H41N7O.HI/c1-5-29(6-2)14-8-9-18(3)28-23(25-4)27-17-20-10-7-13-26-22(20)30-15-11-19(12-16-30)21(24)31;/h7,10,13,18-19H,5-6,8-9,11-12,14-17H2,1-4H3,(H2,24,31)(H2,25,27,28);1H. The van der Waals surface area contributed by atoms with Gasteiger partial charge in [-0.05, 0) is 58.3 Å². The van der Waals surface area contributed by atoms with Crippen LogP contribution in [-0.2, 0) is 11.3 Å². The van der Waals surface area contributed by atoms with Crippen molar-refractivity contribution in [3.8, 4) is 0 Å². The fourth-order valence-corrected chi connectivity index (χ4v) is 4.07. The highest BCUT2D eigenvalue weighted by molar-refractivity contribution is 14.0. The van der Waals surface area contributed by atoms with Crippen LogP contribution in [0.4, 0.5) is 5.82 Å². The number of amides is 1. The van der Waals surface area contributed by atoms with Gasteiger partial charge >= 0.3 is 0 Å². The Morgan fingerprint density at radius 3 is 2.62 bits per heavy atom. The Balaban J connectivity index is 0.00000512. The second kappa shape index (κ2) is 15.3. The maximum atomic E-state index is 11.4. The topological polar surface area (TPSA) is 98.9 Å². The number of anilines is 1. The summed E-state index contributed by atoms with van der Waals surface area (Å²) in [7, 11) is 1.80. The Morgan fingerprint density at radius 1 is 1.34 bits per heavy atom. The molecule has 32 heavy (non-hydrogen) atoms. The number of primary amides is 1. The van der Waals surface area contributed by atoms with E-state index < -0.39 is 0 Å². The largest absolute Gasteiger partial charge is 0.369 e. The van der Waals surface area contributed by atoms with Crippen LogP contribution >= 0.6 is 24.0 Å². The quantitative estimate of drug-likeness (QED) is 0.219. The molecule has 0 aliphatic carbocycles. The fraction of sp³-hybridized carbons (Fsp3) is 0.696. The predicted octanol–water partition coefficient (Wildman–Crippen LogP) is 2.58. The lowest BCUT2D eigenvalue weighted by Crippen LogP contribution is -2.43. The molecule has 1 unspecified atom stereocenters. The summed E-state index contributed by atoms with van der Waals surface area (Å²) in [5, 5.41) is 6.93. The van der Waals surface area contributed by atoms with Gasteiger partial charge in [-0.2, -0.15) is 0 Å². The van der Waals surface area contributed by atoms with Crippen LogP contribution in [0.15, 0.2) is 23.3 Å². The number of nitrogens with one attached hydrogen (secondary N) is 2. The SMILES string of the molecule is CCN(CC)CCCC(C)NC(=NC)NCc1cccnc1N1CCC(C(N)=O)CC1.I. The maximum Gasteiger partial charge on any atom is 0.220 e. The zero-order valence-corrected chi connectivity index (χ0v) is 22.5. The van der Waals surface area contributed by atoms with Gasteiger partial charge in [0.2, 0.25) is 5.91 Å². The molecule has 1 saturated heterocycles. The van der Waals surface area contributed by atoms with Gasteiger partial charge in [0.05, 0.1) is 0 Å². The van der Waals surface area contributed by atoms with Crippen molar-refractivity contribution >= 4 is 41.7 Å². The molecule has 0 saturated carbocycles. The summed E-state index contributed by atoms with van der Waals surface area (Å²) in [6.07, 6.45) is 5.66. The number of nitrogens with zero attached hydrogens (tertiary/aromatic N) is 4. The molecule has 1 aromatic heterocycles. The van der Waals surface area contributed by atoms with Gasteiger partial charge in [0.15, 0.2) is 5.96 Å². The number of carbonyl (C=O) groups is 1. The zero-order chi connectivity index (χ0) is 22.6. The Bertz CT molecular complexity index is 703. The Morgan fingerprint density at radius 2 is 2.03 bits per heavy atom. The van der Waals surface area contributed by atoms with Gasteiger partial charge in [-0.25, -0.2) is 4.98 Å². The van der Waals surface area contributed by atoms with Crippen molar-refractivity contribution in [2.45, 2.75) is 59.0 Å². The number of nitrogens with two attached hydrogens (primary N) is 1. The van der Waals surface area contributed by atoms with Gasteiger partial charge in [0.25, 0.3) is 0 Å². The van der Waals surface area contributed by atoms with Crippen molar-refractivity contribution in [2.75, 3.05) is 44.7 Å². The van der Waals surface area contributed by atoms with E-state index in [1.807, 2.05) is 12.3 Å². The van der Waals surface area contributed by atoms with Crippen LogP contribution in [0, 0.1) is 5.92 Å². The molecule has 0 spiro atoms. The van der Waals surface area contributed by atoms with Crippen molar-refractivity contribution in [1.82, 2.24) is 20.5 Å². The molecule has 0 aromatic carbocycles. The van der Waals surface area contributed by atoms with Crippen LogP contribution in [0.25, 0.3) is 0 Å². The molecule has 1 aromatic rings. The van der Waals surface area contributed by atoms with Crippen molar-refractivity contribution in [3.05, 3.63) is 23.9 Å². The number of carbonyl (C=O) groups excluding carboxylic acids is 1. The molecule has 1 fully saturated rings. The molecule has 9 heteroatoms. The van der Waals surface area contributed by atoms with Crippen molar-refractivity contribution in [2.24, 2.45) is 16.6 Å². The molecule has 2 rings (SSSR count). The summed E-state index contributed by atoms with van der Waals surface area (Å²) >= 11 is 0. The smallest absolute Gasteiger partial charge is 0.220 e. The second-order valence-corrected chi connectivity index (χ2v) is 8.29. The lowest BCUT2D eigenvalue weighted by molar-refractivity contribution is -0.122. The normalized spacial score (nSPS) is 15.9. The first-order valence-corrected chi connectivity index (χ1v) is 11.7. The third-order valence-electron chi connectivity index (χ3n) is 6.12. The Hall–Kier alpha value is -1.62. The van der Waals surface area contributed by atoms with E-state index in [0.717, 1.165) is 69.3 Å². The number of piperidine rings is 1. The van der Waals surface area contributed by atoms with Crippen molar-refractivity contribution in [1.29, 1.82) is 0 Å². The average Bonchev–Trinajstić information content (AvgIpc) is 2.79. The summed E-state index contributed by atoms with van der Waals surface area (Å²) < 4.78 is 0. The van der Waals surface area contributed by atoms with E-state index >= 15 is 0 Å². The molecule has 1 aliphatic rings. The average molecular weight is 560 g/mol. The molecular formula is C23H42IN7O. The predicted molar refractivity (Wildman–Crippen MR) is 144 cm³/mol. The number of guanidine groups is 1. The van der Waals surface area contributed by atoms with Crippen LogP contribution in [0.1, 0.15) is 52.0 Å². The number of hydrogen-bond acceptors (Lipinski definition) is 5. The molecular weight excluding hydrogens is 517 g/mol. The molecule has 1 amide bonds. The minimum Gasteiger partial charge on any atom is -0.369 e. The van der Waals surface area contributed by atoms with Gasteiger partial charge < -0.3 is 26.2 Å².